The predicted octanol–water partition coefficient (Wildman–Crippen LogP) is -0.334. The molecule has 39 valence electrons. The third-order valence-electron chi connectivity index (χ3n) is 0.837. The minimum Gasteiger partial charge on any atom is -0.357 e. The van der Waals surface area contributed by atoms with Gasteiger partial charge >= 0.3 is 0 Å². The molecule has 1 heterocycles. The monoisotopic (exact) mass is 98.1 g/mol. The van der Waals surface area contributed by atoms with Crippen molar-refractivity contribution in [3.05, 3.63) is 6.54 Å². The first-order valence-corrected chi connectivity index (χ1v) is 2.30. The molecule has 0 aromatic carbocycles. The average Bonchev–Trinajstić information content (AvgIpc) is 1.69. The number of rotatable bonds is 0. The summed E-state index contributed by atoms with van der Waals surface area (Å²) in [5.74, 6) is 0.409. The molecule has 3 nitrogen and oxygen atoms in total. The van der Waals surface area contributed by atoms with Crippen LogP contribution in [0.15, 0.2) is 0 Å². The predicted molar refractivity (Wildman–Crippen MR) is 27.8 cm³/mol. The van der Waals surface area contributed by atoms with Crippen molar-refractivity contribution in [1.82, 2.24) is 10.6 Å². The zero-order chi connectivity index (χ0) is 5.11. The maximum atomic E-state index is 6.94. The van der Waals surface area contributed by atoms with Crippen LogP contribution in [0.25, 0.3) is 0 Å². The van der Waals surface area contributed by atoms with Crippen molar-refractivity contribution in [2.45, 2.75) is 6.42 Å². The van der Waals surface area contributed by atoms with Crippen LogP contribution in [0, 0.1) is 12.0 Å². The van der Waals surface area contributed by atoms with E-state index in [4.69, 9.17) is 5.41 Å². The van der Waals surface area contributed by atoms with Crippen LogP contribution in [-0.4, -0.2) is 12.5 Å². The quantitative estimate of drug-likeness (QED) is 0.388. The summed E-state index contributed by atoms with van der Waals surface area (Å²) < 4.78 is 0. The van der Waals surface area contributed by atoms with Gasteiger partial charge in [-0.05, 0) is 6.42 Å². The van der Waals surface area contributed by atoms with Crippen molar-refractivity contribution < 1.29 is 0 Å². The van der Waals surface area contributed by atoms with Gasteiger partial charge in [0, 0.05) is 6.54 Å². The molecule has 0 aliphatic carbocycles. The van der Waals surface area contributed by atoms with Crippen molar-refractivity contribution in [2.75, 3.05) is 6.54 Å². The lowest BCUT2D eigenvalue weighted by atomic mass is 10.4. The van der Waals surface area contributed by atoms with Gasteiger partial charge in [0.05, 0.1) is 6.54 Å². The second-order valence-electron chi connectivity index (χ2n) is 1.44. The summed E-state index contributed by atoms with van der Waals surface area (Å²) in [6.07, 6.45) is 1.00. The summed E-state index contributed by atoms with van der Waals surface area (Å²) in [5, 5.41) is 12.5. The van der Waals surface area contributed by atoms with Crippen molar-refractivity contribution in [1.29, 1.82) is 5.41 Å². The molecule has 0 aromatic heterocycles. The number of guanidine groups is 1. The molecule has 0 amide bonds. The second kappa shape index (κ2) is 1.82. The molecule has 0 atom stereocenters. The highest BCUT2D eigenvalue weighted by molar-refractivity contribution is 5.77. The van der Waals surface area contributed by atoms with Crippen molar-refractivity contribution in [3.8, 4) is 0 Å². The zero-order valence-electron chi connectivity index (χ0n) is 3.99. The number of hydrogen-bond acceptors (Lipinski definition) is 1. The van der Waals surface area contributed by atoms with Crippen LogP contribution < -0.4 is 10.6 Å². The number of hydrogen-bond donors (Lipinski definition) is 3. The Balaban J connectivity index is 2.25. The van der Waals surface area contributed by atoms with Gasteiger partial charge in [0.2, 0.25) is 0 Å². The zero-order valence-corrected chi connectivity index (χ0v) is 3.99. The Morgan fingerprint density at radius 3 is 2.86 bits per heavy atom. The molecular weight excluding hydrogens is 90.1 g/mol. The largest absolute Gasteiger partial charge is 0.357 e. The molecule has 1 rings (SSSR count). The first kappa shape index (κ1) is 4.43. The standard InChI is InChI=1S/C4H8N3/c5-4-6-2-1-3-7-4/h2H,1,3H2,(H3,5,6,7). The van der Waals surface area contributed by atoms with E-state index >= 15 is 0 Å². The number of nitrogens with one attached hydrogen (secondary N) is 3. The summed E-state index contributed by atoms with van der Waals surface area (Å²) in [6, 6.07) is 0. The SMILES string of the molecule is N=C1N[CH]CCN1. The van der Waals surface area contributed by atoms with E-state index in [1.165, 1.54) is 0 Å². The molecule has 1 radical (unpaired) electrons. The lowest BCUT2D eigenvalue weighted by Gasteiger charge is -2.14. The highest BCUT2D eigenvalue weighted by Gasteiger charge is 1.98. The van der Waals surface area contributed by atoms with Crippen LogP contribution in [0.5, 0.6) is 0 Å². The Labute approximate surface area is 42.6 Å². The lowest BCUT2D eigenvalue weighted by molar-refractivity contribution is 0.734. The Hall–Kier alpha value is -0.730. The minimum atomic E-state index is 0.409. The van der Waals surface area contributed by atoms with Gasteiger partial charge < -0.3 is 10.6 Å². The lowest BCUT2D eigenvalue weighted by Crippen LogP contribution is -2.40. The molecule has 7 heavy (non-hydrogen) atoms. The Kier molecular flexibility index (Phi) is 1.15. The van der Waals surface area contributed by atoms with Crippen LogP contribution in [-0.2, 0) is 0 Å². The van der Waals surface area contributed by atoms with E-state index in [9.17, 15) is 0 Å². The molecule has 1 fully saturated rings. The molecule has 1 saturated heterocycles. The van der Waals surface area contributed by atoms with Gasteiger partial charge in [0.1, 0.15) is 0 Å². The van der Waals surface area contributed by atoms with E-state index in [1.807, 2.05) is 6.54 Å². The molecule has 0 spiro atoms. The highest BCUT2D eigenvalue weighted by Crippen LogP contribution is 1.83. The van der Waals surface area contributed by atoms with Gasteiger partial charge in [-0.25, -0.2) is 0 Å². The van der Waals surface area contributed by atoms with Crippen LogP contribution in [0.2, 0.25) is 0 Å². The molecule has 1 aliphatic rings. The summed E-state index contributed by atoms with van der Waals surface area (Å²) in [5.41, 5.74) is 0. The van der Waals surface area contributed by atoms with Crippen molar-refractivity contribution in [3.63, 3.8) is 0 Å². The van der Waals surface area contributed by atoms with Crippen molar-refractivity contribution >= 4 is 5.96 Å². The first-order chi connectivity index (χ1) is 3.39. The molecule has 0 saturated carbocycles. The molecule has 3 N–H and O–H groups in total. The summed E-state index contributed by atoms with van der Waals surface area (Å²) in [7, 11) is 0. The van der Waals surface area contributed by atoms with E-state index in [-0.39, 0.29) is 0 Å². The smallest absolute Gasteiger partial charge is 0.188 e. The normalized spacial score (nSPS) is 20.3. The van der Waals surface area contributed by atoms with E-state index in [0.29, 0.717) is 5.96 Å². The first-order valence-electron chi connectivity index (χ1n) is 2.30. The second-order valence-corrected chi connectivity index (χ2v) is 1.44. The fourth-order valence-electron chi connectivity index (χ4n) is 0.495. The highest BCUT2D eigenvalue weighted by atomic mass is 15.2. The van der Waals surface area contributed by atoms with E-state index in [2.05, 4.69) is 10.6 Å². The van der Waals surface area contributed by atoms with Crippen molar-refractivity contribution in [2.24, 2.45) is 0 Å². The van der Waals surface area contributed by atoms with Gasteiger partial charge in [-0.3, -0.25) is 5.41 Å². The molecule has 3 heteroatoms. The van der Waals surface area contributed by atoms with Gasteiger partial charge in [-0.2, -0.15) is 0 Å². The summed E-state index contributed by atoms with van der Waals surface area (Å²) in [6.45, 7) is 2.77. The fraction of sp³-hybridized carbons (Fsp3) is 0.500. The Morgan fingerprint density at radius 1 is 1.71 bits per heavy atom. The summed E-state index contributed by atoms with van der Waals surface area (Å²) >= 11 is 0. The van der Waals surface area contributed by atoms with Crippen LogP contribution in [0.4, 0.5) is 0 Å². The van der Waals surface area contributed by atoms with Gasteiger partial charge in [-0.1, -0.05) is 0 Å². The topological polar surface area (TPSA) is 47.9 Å². The van der Waals surface area contributed by atoms with E-state index in [0.717, 1.165) is 13.0 Å². The fourth-order valence-corrected chi connectivity index (χ4v) is 0.495. The van der Waals surface area contributed by atoms with E-state index in [1.54, 1.807) is 0 Å². The van der Waals surface area contributed by atoms with Crippen LogP contribution >= 0.6 is 0 Å². The molecular formula is C4H8N3. The average molecular weight is 98.1 g/mol. The molecule has 0 unspecified atom stereocenters. The molecule has 0 bridgehead atoms. The Bertz CT molecular complexity index is 71.0. The van der Waals surface area contributed by atoms with Gasteiger partial charge in [0.15, 0.2) is 5.96 Å². The molecule has 0 aromatic rings. The third kappa shape index (κ3) is 1.07. The van der Waals surface area contributed by atoms with Gasteiger partial charge in [0.25, 0.3) is 0 Å². The third-order valence-corrected chi connectivity index (χ3v) is 0.837. The van der Waals surface area contributed by atoms with Gasteiger partial charge in [-0.15, -0.1) is 0 Å². The maximum absolute atomic E-state index is 6.94. The van der Waals surface area contributed by atoms with E-state index < -0.39 is 0 Å². The maximum Gasteiger partial charge on any atom is 0.188 e. The summed E-state index contributed by atoms with van der Waals surface area (Å²) in [4.78, 5) is 0. The van der Waals surface area contributed by atoms with Crippen LogP contribution in [0.3, 0.4) is 0 Å². The Morgan fingerprint density at radius 2 is 2.57 bits per heavy atom. The minimum absolute atomic E-state index is 0.409. The van der Waals surface area contributed by atoms with Crippen LogP contribution in [0.1, 0.15) is 6.42 Å². The molecule has 1 aliphatic heterocycles.